The van der Waals surface area contributed by atoms with Crippen molar-refractivity contribution in [2.24, 2.45) is 0 Å². The Morgan fingerprint density at radius 1 is 0.317 bits per heavy atom. The van der Waals surface area contributed by atoms with Crippen molar-refractivity contribution < 1.29 is 0 Å². The SMILES string of the molecule is CC1(c2ccccc2)c2ccccc2-c2ccc(N(c3cccc(-c4ccc5c(c4)c(-c4ccccc4)c(-c4ccccc4)c4ccccc45)c3)c3cccc4ccccc34)cc21. The van der Waals surface area contributed by atoms with E-state index in [0.717, 1.165) is 22.6 Å². The second kappa shape index (κ2) is 14.9. The van der Waals surface area contributed by atoms with Crippen molar-refractivity contribution in [2.45, 2.75) is 12.3 Å². The fourth-order valence-corrected chi connectivity index (χ4v) is 10.5. The predicted molar refractivity (Wildman–Crippen MR) is 267 cm³/mol. The molecule has 0 fully saturated rings. The van der Waals surface area contributed by atoms with E-state index in [1.807, 2.05) is 0 Å². The summed E-state index contributed by atoms with van der Waals surface area (Å²) >= 11 is 0. The second-order valence-corrected chi connectivity index (χ2v) is 16.9. The average molecular weight is 802 g/mol. The first-order valence-electron chi connectivity index (χ1n) is 21.9. The van der Waals surface area contributed by atoms with Crippen LogP contribution in [-0.2, 0) is 5.41 Å². The minimum atomic E-state index is -0.320. The summed E-state index contributed by atoms with van der Waals surface area (Å²) in [6.07, 6.45) is 0. The number of nitrogens with zero attached hydrogens (tertiary/aromatic N) is 1. The zero-order valence-electron chi connectivity index (χ0n) is 35.0. The maximum Gasteiger partial charge on any atom is 0.0540 e. The molecule has 11 aromatic carbocycles. The fraction of sp³-hybridized carbons (Fsp3) is 0.0323. The molecule has 0 aliphatic heterocycles. The largest absolute Gasteiger partial charge is 0.310 e. The van der Waals surface area contributed by atoms with Gasteiger partial charge in [-0.1, -0.05) is 206 Å². The lowest BCUT2D eigenvalue weighted by Gasteiger charge is -2.31. The lowest BCUT2D eigenvalue weighted by Crippen LogP contribution is -2.22. The Kier molecular flexibility index (Phi) is 8.69. The molecule has 296 valence electrons. The molecule has 0 amide bonds. The molecule has 1 aliphatic rings. The summed E-state index contributed by atoms with van der Waals surface area (Å²) in [6.45, 7) is 2.40. The fourth-order valence-electron chi connectivity index (χ4n) is 10.5. The summed E-state index contributed by atoms with van der Waals surface area (Å²) in [6, 6.07) is 89.4. The molecule has 0 N–H and O–H groups in total. The van der Waals surface area contributed by atoms with Gasteiger partial charge in [0.15, 0.2) is 0 Å². The van der Waals surface area contributed by atoms with Crippen molar-refractivity contribution in [1.82, 2.24) is 0 Å². The molecule has 0 aromatic heterocycles. The molecule has 1 aliphatic carbocycles. The van der Waals surface area contributed by atoms with Gasteiger partial charge < -0.3 is 4.90 Å². The molecule has 0 heterocycles. The van der Waals surface area contributed by atoms with E-state index in [9.17, 15) is 0 Å². The van der Waals surface area contributed by atoms with Crippen LogP contribution in [0.5, 0.6) is 0 Å². The van der Waals surface area contributed by atoms with Gasteiger partial charge >= 0.3 is 0 Å². The molecule has 1 atom stereocenters. The third-order valence-corrected chi connectivity index (χ3v) is 13.5. The lowest BCUT2D eigenvalue weighted by atomic mass is 9.74. The van der Waals surface area contributed by atoms with Gasteiger partial charge in [-0.2, -0.15) is 0 Å². The summed E-state index contributed by atoms with van der Waals surface area (Å²) in [7, 11) is 0. The molecule has 0 radical (unpaired) electrons. The number of benzene rings is 11. The van der Waals surface area contributed by atoms with Crippen molar-refractivity contribution >= 4 is 49.4 Å². The third kappa shape index (κ3) is 5.92. The van der Waals surface area contributed by atoms with Crippen LogP contribution < -0.4 is 4.90 Å². The Hall–Kier alpha value is -8.00. The van der Waals surface area contributed by atoms with Gasteiger partial charge in [0.05, 0.1) is 5.69 Å². The van der Waals surface area contributed by atoms with Crippen molar-refractivity contribution in [3.63, 3.8) is 0 Å². The monoisotopic (exact) mass is 801 g/mol. The van der Waals surface area contributed by atoms with E-state index in [0.29, 0.717) is 0 Å². The van der Waals surface area contributed by atoms with Gasteiger partial charge in [-0.3, -0.25) is 0 Å². The van der Waals surface area contributed by atoms with Crippen LogP contribution in [0.1, 0.15) is 23.6 Å². The molecular weight excluding hydrogens is 759 g/mol. The van der Waals surface area contributed by atoms with E-state index in [1.54, 1.807) is 0 Å². The Morgan fingerprint density at radius 3 is 1.63 bits per heavy atom. The smallest absolute Gasteiger partial charge is 0.0540 e. The van der Waals surface area contributed by atoms with E-state index in [2.05, 4.69) is 254 Å². The van der Waals surface area contributed by atoms with Gasteiger partial charge in [0, 0.05) is 22.2 Å². The van der Waals surface area contributed by atoms with Gasteiger partial charge in [-0.05, 0) is 131 Å². The van der Waals surface area contributed by atoms with Crippen molar-refractivity contribution in [3.8, 4) is 44.5 Å². The maximum atomic E-state index is 2.47. The predicted octanol–water partition coefficient (Wildman–Crippen LogP) is 17.0. The standard InChI is InChI=1S/C62H43N/c1-62(47-26-9-4-10-27-47)57-33-16-15-31-53(57)54-38-36-49(41-58(54)62)63(59-34-18-24-42-19-11-12-29-50(42)59)48-28-17-25-45(39-48)46-35-37-52-51-30-13-14-32-55(51)60(43-20-5-2-6-21-43)61(56(52)40-46)44-22-7-3-8-23-44/h2-41H,1H3. The molecule has 63 heavy (non-hydrogen) atoms. The van der Waals surface area contributed by atoms with Crippen LogP contribution in [0.3, 0.4) is 0 Å². The highest BCUT2D eigenvalue weighted by molar-refractivity contribution is 6.22. The second-order valence-electron chi connectivity index (χ2n) is 16.9. The Balaban J connectivity index is 1.08. The molecule has 1 nitrogen and oxygen atoms in total. The van der Waals surface area contributed by atoms with E-state index >= 15 is 0 Å². The zero-order valence-corrected chi connectivity index (χ0v) is 35.0. The van der Waals surface area contributed by atoms with Gasteiger partial charge in [-0.25, -0.2) is 0 Å². The molecule has 1 heteroatoms. The molecule has 0 saturated heterocycles. The molecule has 0 bridgehead atoms. The van der Waals surface area contributed by atoms with E-state index in [-0.39, 0.29) is 5.41 Å². The zero-order chi connectivity index (χ0) is 41.9. The van der Waals surface area contributed by atoms with Gasteiger partial charge in [0.2, 0.25) is 0 Å². The molecule has 0 spiro atoms. The minimum absolute atomic E-state index is 0.320. The Morgan fingerprint density at radius 2 is 0.857 bits per heavy atom. The highest BCUT2D eigenvalue weighted by Gasteiger charge is 2.41. The van der Waals surface area contributed by atoms with E-state index in [4.69, 9.17) is 0 Å². The third-order valence-electron chi connectivity index (χ3n) is 13.5. The van der Waals surface area contributed by atoms with Crippen molar-refractivity contribution in [2.75, 3.05) is 4.90 Å². The quantitative estimate of drug-likeness (QED) is 0.145. The molecular formula is C62H43N. The minimum Gasteiger partial charge on any atom is -0.310 e. The Labute approximate surface area is 368 Å². The first-order chi connectivity index (χ1) is 31.1. The lowest BCUT2D eigenvalue weighted by molar-refractivity contribution is 0.714. The van der Waals surface area contributed by atoms with E-state index in [1.165, 1.54) is 88.0 Å². The summed E-state index contributed by atoms with van der Waals surface area (Å²) in [4.78, 5) is 2.47. The van der Waals surface area contributed by atoms with Crippen LogP contribution >= 0.6 is 0 Å². The summed E-state index contributed by atoms with van der Waals surface area (Å²) in [5.74, 6) is 0. The van der Waals surface area contributed by atoms with Crippen molar-refractivity contribution in [3.05, 3.63) is 259 Å². The number of hydrogen-bond acceptors (Lipinski definition) is 1. The highest BCUT2D eigenvalue weighted by atomic mass is 15.1. The van der Waals surface area contributed by atoms with Gasteiger partial charge in [-0.15, -0.1) is 0 Å². The van der Waals surface area contributed by atoms with Gasteiger partial charge in [0.25, 0.3) is 0 Å². The number of rotatable bonds is 7. The number of anilines is 3. The molecule has 12 rings (SSSR count). The molecule has 1 unspecified atom stereocenters. The van der Waals surface area contributed by atoms with Crippen LogP contribution in [0.15, 0.2) is 243 Å². The summed E-state index contributed by atoms with van der Waals surface area (Å²) in [5.41, 5.74) is 16.9. The first kappa shape index (κ1) is 36.8. The van der Waals surface area contributed by atoms with Crippen LogP contribution in [0.2, 0.25) is 0 Å². The van der Waals surface area contributed by atoms with Crippen molar-refractivity contribution in [1.29, 1.82) is 0 Å². The Bertz CT molecular complexity index is 3510. The summed E-state index contributed by atoms with van der Waals surface area (Å²) < 4.78 is 0. The summed E-state index contributed by atoms with van der Waals surface area (Å²) in [5, 5.41) is 7.43. The van der Waals surface area contributed by atoms with Crippen LogP contribution in [-0.4, -0.2) is 0 Å². The van der Waals surface area contributed by atoms with Crippen LogP contribution in [0.4, 0.5) is 17.1 Å². The number of fused-ring (bicyclic) bond motifs is 7. The first-order valence-corrected chi connectivity index (χ1v) is 21.9. The highest BCUT2D eigenvalue weighted by Crippen LogP contribution is 2.54. The normalized spacial score (nSPS) is 14.2. The maximum absolute atomic E-state index is 2.47. The molecule has 11 aromatic rings. The number of hydrogen-bond donors (Lipinski definition) is 0. The van der Waals surface area contributed by atoms with Crippen LogP contribution in [0.25, 0.3) is 76.8 Å². The topological polar surface area (TPSA) is 3.24 Å². The van der Waals surface area contributed by atoms with Gasteiger partial charge in [0.1, 0.15) is 0 Å². The van der Waals surface area contributed by atoms with Crippen LogP contribution in [0, 0.1) is 0 Å². The molecule has 0 saturated carbocycles. The van der Waals surface area contributed by atoms with E-state index < -0.39 is 0 Å². The average Bonchev–Trinajstić information content (AvgIpc) is 3.62.